The molecule has 0 bridgehead atoms. The quantitative estimate of drug-likeness (QED) is 0.898. The molecule has 17 heavy (non-hydrogen) atoms. The Morgan fingerprint density at radius 3 is 2.65 bits per heavy atom. The van der Waals surface area contributed by atoms with Crippen molar-refractivity contribution in [2.75, 3.05) is 12.4 Å². The molecule has 1 rings (SSSR count). The Morgan fingerprint density at radius 2 is 2.12 bits per heavy atom. The molecule has 0 spiro atoms. The minimum absolute atomic E-state index is 0.0145. The van der Waals surface area contributed by atoms with Gasteiger partial charge in [0.15, 0.2) is 9.84 Å². The lowest BCUT2D eigenvalue weighted by molar-refractivity contribution is 0.249. The zero-order valence-electron chi connectivity index (χ0n) is 9.36. The molecule has 0 radical (unpaired) electrons. The zero-order chi connectivity index (χ0) is 13.1. The third-order valence-electron chi connectivity index (χ3n) is 2.28. The SMILES string of the molecule is CC(CO)CS(=O)(=O)Cc1c(F)cccc1Cl. The number of hydrogen-bond acceptors (Lipinski definition) is 3. The summed E-state index contributed by atoms with van der Waals surface area (Å²) in [5.74, 6) is -1.62. The highest BCUT2D eigenvalue weighted by atomic mass is 35.5. The van der Waals surface area contributed by atoms with Gasteiger partial charge in [-0.05, 0) is 18.1 Å². The lowest BCUT2D eigenvalue weighted by Gasteiger charge is -2.10. The van der Waals surface area contributed by atoms with Crippen LogP contribution in [-0.4, -0.2) is 25.9 Å². The molecule has 1 N–H and O–H groups in total. The Bertz CT molecular complexity index is 467. The molecule has 0 heterocycles. The monoisotopic (exact) mass is 280 g/mol. The molecular formula is C11H14ClFO3S. The second kappa shape index (κ2) is 5.80. The first-order valence-electron chi connectivity index (χ1n) is 5.10. The number of sulfone groups is 1. The van der Waals surface area contributed by atoms with E-state index >= 15 is 0 Å². The van der Waals surface area contributed by atoms with Gasteiger partial charge in [0.2, 0.25) is 0 Å². The van der Waals surface area contributed by atoms with Crippen LogP contribution in [0.5, 0.6) is 0 Å². The molecule has 96 valence electrons. The molecule has 0 fully saturated rings. The van der Waals surface area contributed by atoms with Crippen LogP contribution in [0, 0.1) is 11.7 Å². The molecule has 3 nitrogen and oxygen atoms in total. The maximum atomic E-state index is 13.4. The highest BCUT2D eigenvalue weighted by molar-refractivity contribution is 7.90. The smallest absolute Gasteiger partial charge is 0.154 e. The van der Waals surface area contributed by atoms with E-state index in [0.717, 1.165) is 0 Å². The minimum Gasteiger partial charge on any atom is -0.396 e. The van der Waals surface area contributed by atoms with Gasteiger partial charge >= 0.3 is 0 Å². The standard InChI is InChI=1S/C11H14ClFO3S/c1-8(5-14)6-17(15,16)7-9-10(12)3-2-4-11(9)13/h2-4,8,14H,5-7H2,1H3. The Hall–Kier alpha value is -0.650. The average molecular weight is 281 g/mol. The molecule has 1 aromatic rings. The van der Waals surface area contributed by atoms with E-state index in [-0.39, 0.29) is 28.9 Å². The molecule has 6 heteroatoms. The van der Waals surface area contributed by atoms with Gasteiger partial charge in [-0.3, -0.25) is 0 Å². The van der Waals surface area contributed by atoms with E-state index in [1.807, 2.05) is 0 Å². The van der Waals surface area contributed by atoms with E-state index < -0.39 is 21.4 Å². The van der Waals surface area contributed by atoms with Crippen molar-refractivity contribution in [2.45, 2.75) is 12.7 Å². The highest BCUT2D eigenvalue weighted by Crippen LogP contribution is 2.22. The predicted molar refractivity (Wildman–Crippen MR) is 65.2 cm³/mol. The first kappa shape index (κ1) is 14.4. The van der Waals surface area contributed by atoms with Crippen molar-refractivity contribution >= 4 is 21.4 Å². The molecule has 1 aromatic carbocycles. The fourth-order valence-electron chi connectivity index (χ4n) is 1.44. The average Bonchev–Trinajstić information content (AvgIpc) is 2.23. The van der Waals surface area contributed by atoms with E-state index in [0.29, 0.717) is 0 Å². The van der Waals surface area contributed by atoms with Crippen LogP contribution in [0.15, 0.2) is 18.2 Å². The summed E-state index contributed by atoms with van der Waals surface area (Å²) in [5, 5.41) is 8.91. The van der Waals surface area contributed by atoms with Gasteiger partial charge in [0, 0.05) is 17.2 Å². The number of aliphatic hydroxyl groups excluding tert-OH is 1. The van der Waals surface area contributed by atoms with E-state index in [2.05, 4.69) is 0 Å². The van der Waals surface area contributed by atoms with Crippen LogP contribution in [0.25, 0.3) is 0 Å². The van der Waals surface area contributed by atoms with Crippen LogP contribution in [0.2, 0.25) is 5.02 Å². The topological polar surface area (TPSA) is 54.4 Å². The third-order valence-corrected chi connectivity index (χ3v) is 4.44. The lowest BCUT2D eigenvalue weighted by atomic mass is 10.2. The molecular weight excluding hydrogens is 267 g/mol. The fourth-order valence-corrected chi connectivity index (χ4v) is 3.57. The van der Waals surface area contributed by atoms with E-state index in [4.69, 9.17) is 16.7 Å². The molecule has 0 amide bonds. The number of halogens is 2. The number of hydrogen-bond donors (Lipinski definition) is 1. The van der Waals surface area contributed by atoms with Crippen molar-refractivity contribution in [1.29, 1.82) is 0 Å². The van der Waals surface area contributed by atoms with Gasteiger partial charge in [-0.2, -0.15) is 0 Å². The van der Waals surface area contributed by atoms with Crippen LogP contribution >= 0.6 is 11.6 Å². The summed E-state index contributed by atoms with van der Waals surface area (Å²) in [7, 11) is -3.48. The number of rotatable bonds is 5. The van der Waals surface area contributed by atoms with E-state index in [1.165, 1.54) is 18.2 Å². The molecule has 0 aromatic heterocycles. The molecule has 0 aliphatic heterocycles. The fraction of sp³-hybridized carbons (Fsp3) is 0.455. The second-order valence-corrected chi connectivity index (χ2v) is 6.56. The van der Waals surface area contributed by atoms with Crippen molar-refractivity contribution in [1.82, 2.24) is 0 Å². The van der Waals surface area contributed by atoms with Crippen molar-refractivity contribution < 1.29 is 17.9 Å². The molecule has 0 saturated carbocycles. The van der Waals surface area contributed by atoms with Gasteiger partial charge in [-0.15, -0.1) is 0 Å². The summed E-state index contributed by atoms with van der Waals surface area (Å²) in [6, 6.07) is 4.04. The normalized spacial score (nSPS) is 13.6. The van der Waals surface area contributed by atoms with Crippen LogP contribution in [0.1, 0.15) is 12.5 Å². The van der Waals surface area contributed by atoms with Crippen LogP contribution in [-0.2, 0) is 15.6 Å². The summed E-state index contributed by atoms with van der Waals surface area (Å²) in [6.45, 7) is 1.39. The number of aliphatic hydroxyl groups is 1. The Labute approximate surface area is 105 Å². The first-order valence-corrected chi connectivity index (χ1v) is 7.30. The molecule has 0 aliphatic rings. The van der Waals surface area contributed by atoms with Crippen molar-refractivity contribution in [3.8, 4) is 0 Å². The maximum Gasteiger partial charge on any atom is 0.154 e. The summed E-state index contributed by atoms with van der Waals surface area (Å²) in [6.07, 6.45) is 0. The van der Waals surface area contributed by atoms with Gasteiger partial charge in [0.25, 0.3) is 0 Å². The molecule has 0 aliphatic carbocycles. The zero-order valence-corrected chi connectivity index (χ0v) is 10.9. The third kappa shape index (κ3) is 4.26. The summed E-state index contributed by atoms with van der Waals surface area (Å²) in [4.78, 5) is 0. The van der Waals surface area contributed by atoms with E-state index in [9.17, 15) is 12.8 Å². The van der Waals surface area contributed by atoms with Gasteiger partial charge in [0.05, 0.1) is 11.5 Å². The number of benzene rings is 1. The van der Waals surface area contributed by atoms with Crippen molar-refractivity contribution in [2.24, 2.45) is 5.92 Å². The van der Waals surface area contributed by atoms with Crippen LogP contribution in [0.3, 0.4) is 0 Å². The van der Waals surface area contributed by atoms with Gasteiger partial charge < -0.3 is 5.11 Å². The Kier molecular flexibility index (Phi) is 4.91. The molecule has 1 atom stereocenters. The van der Waals surface area contributed by atoms with Crippen molar-refractivity contribution in [3.63, 3.8) is 0 Å². The molecule has 1 unspecified atom stereocenters. The second-order valence-electron chi connectivity index (χ2n) is 4.04. The summed E-state index contributed by atoms with van der Waals surface area (Å²) < 4.78 is 36.9. The lowest BCUT2D eigenvalue weighted by Crippen LogP contribution is -2.18. The van der Waals surface area contributed by atoms with Gasteiger partial charge in [-0.1, -0.05) is 24.6 Å². The van der Waals surface area contributed by atoms with E-state index in [1.54, 1.807) is 6.92 Å². The summed E-state index contributed by atoms with van der Waals surface area (Å²) >= 11 is 5.75. The van der Waals surface area contributed by atoms with Crippen LogP contribution in [0.4, 0.5) is 4.39 Å². The molecule has 0 saturated heterocycles. The minimum atomic E-state index is -3.48. The predicted octanol–water partition coefficient (Wildman–Crippen LogP) is 2.02. The van der Waals surface area contributed by atoms with Gasteiger partial charge in [0.1, 0.15) is 5.82 Å². The Balaban J connectivity index is 2.91. The first-order chi connectivity index (χ1) is 7.85. The highest BCUT2D eigenvalue weighted by Gasteiger charge is 2.19. The Morgan fingerprint density at radius 1 is 1.47 bits per heavy atom. The van der Waals surface area contributed by atoms with Crippen LogP contribution < -0.4 is 0 Å². The maximum absolute atomic E-state index is 13.4. The summed E-state index contributed by atoms with van der Waals surface area (Å²) in [5.41, 5.74) is -0.0145. The largest absolute Gasteiger partial charge is 0.396 e. The van der Waals surface area contributed by atoms with Gasteiger partial charge in [-0.25, -0.2) is 12.8 Å². The van der Waals surface area contributed by atoms with Crippen molar-refractivity contribution in [3.05, 3.63) is 34.6 Å².